The zero-order chi connectivity index (χ0) is 11.9. The van der Waals surface area contributed by atoms with Crippen molar-refractivity contribution in [2.24, 2.45) is 0 Å². The molecule has 90 valence electrons. The van der Waals surface area contributed by atoms with Crippen molar-refractivity contribution in [1.29, 1.82) is 0 Å². The first kappa shape index (κ1) is 13.2. The van der Waals surface area contributed by atoms with Crippen LogP contribution >= 0.6 is 0 Å². The van der Waals surface area contributed by atoms with Gasteiger partial charge in [-0.3, -0.25) is 4.55 Å². The first-order valence-electron chi connectivity index (χ1n) is 5.15. The number of rotatable bonds is 7. The zero-order valence-corrected chi connectivity index (χ0v) is 9.82. The lowest BCUT2D eigenvalue weighted by Gasteiger charge is -2.03. The third-order valence-electron chi connectivity index (χ3n) is 2.07. The predicted molar refractivity (Wildman–Crippen MR) is 62.0 cm³/mol. The highest BCUT2D eigenvalue weighted by Gasteiger charge is 2.02. The number of benzene rings is 1. The topological polar surface area (TPSA) is 63.6 Å². The fourth-order valence-electron chi connectivity index (χ4n) is 1.28. The first-order chi connectivity index (χ1) is 7.58. The molecule has 16 heavy (non-hydrogen) atoms. The molecule has 0 aliphatic rings. The van der Waals surface area contributed by atoms with E-state index in [1.165, 1.54) is 5.56 Å². The molecular formula is C11H16O4S. The van der Waals surface area contributed by atoms with Crippen LogP contribution in [0.1, 0.15) is 12.0 Å². The van der Waals surface area contributed by atoms with Gasteiger partial charge in [-0.2, -0.15) is 8.42 Å². The van der Waals surface area contributed by atoms with Gasteiger partial charge in [-0.15, -0.1) is 0 Å². The van der Waals surface area contributed by atoms with Crippen LogP contribution < -0.4 is 0 Å². The molecule has 0 atom stereocenters. The van der Waals surface area contributed by atoms with Crippen LogP contribution in [0.5, 0.6) is 0 Å². The summed E-state index contributed by atoms with van der Waals surface area (Å²) in [4.78, 5) is 0. The maximum Gasteiger partial charge on any atom is 0.264 e. The lowest BCUT2D eigenvalue weighted by Crippen LogP contribution is -2.08. The summed E-state index contributed by atoms with van der Waals surface area (Å²) < 4.78 is 34.5. The van der Waals surface area contributed by atoms with Gasteiger partial charge in [0.1, 0.15) is 0 Å². The second-order valence-corrected chi connectivity index (χ2v) is 5.06. The molecule has 0 fully saturated rings. The molecule has 5 heteroatoms. The van der Waals surface area contributed by atoms with Crippen molar-refractivity contribution in [2.45, 2.75) is 12.8 Å². The average molecular weight is 244 g/mol. The van der Waals surface area contributed by atoms with E-state index < -0.39 is 10.1 Å². The highest BCUT2D eigenvalue weighted by atomic mass is 32.2. The van der Waals surface area contributed by atoms with Gasteiger partial charge in [0.05, 0.1) is 12.4 Å². The zero-order valence-electron chi connectivity index (χ0n) is 9.00. The second-order valence-electron chi connectivity index (χ2n) is 3.49. The molecule has 0 amide bonds. The molecule has 1 N–H and O–H groups in total. The van der Waals surface area contributed by atoms with Crippen molar-refractivity contribution in [1.82, 2.24) is 0 Å². The highest BCUT2D eigenvalue weighted by molar-refractivity contribution is 7.85. The van der Waals surface area contributed by atoms with Gasteiger partial charge < -0.3 is 4.74 Å². The van der Waals surface area contributed by atoms with Crippen molar-refractivity contribution in [2.75, 3.05) is 19.0 Å². The van der Waals surface area contributed by atoms with E-state index in [0.29, 0.717) is 19.6 Å². The molecular weight excluding hydrogens is 228 g/mol. The van der Waals surface area contributed by atoms with Crippen LogP contribution in [0, 0.1) is 0 Å². The van der Waals surface area contributed by atoms with E-state index in [4.69, 9.17) is 9.29 Å². The van der Waals surface area contributed by atoms with Gasteiger partial charge >= 0.3 is 0 Å². The molecule has 0 radical (unpaired) electrons. The van der Waals surface area contributed by atoms with E-state index in [-0.39, 0.29) is 5.75 Å². The summed E-state index contributed by atoms with van der Waals surface area (Å²) in [5.74, 6) is -0.238. The summed E-state index contributed by atoms with van der Waals surface area (Å²) in [5, 5.41) is 0. The Labute approximate surface area is 96.0 Å². The van der Waals surface area contributed by atoms with E-state index in [1.807, 2.05) is 30.3 Å². The van der Waals surface area contributed by atoms with Crippen LogP contribution in [0.25, 0.3) is 0 Å². The Bertz CT molecular complexity index is 386. The Morgan fingerprint density at radius 1 is 1.12 bits per heavy atom. The fourth-order valence-corrected chi connectivity index (χ4v) is 1.76. The molecule has 0 aliphatic carbocycles. The van der Waals surface area contributed by atoms with Crippen molar-refractivity contribution < 1.29 is 17.7 Å². The molecule has 0 saturated heterocycles. The minimum atomic E-state index is -3.84. The molecule has 0 aromatic heterocycles. The standard InChI is InChI=1S/C11H16O4S/c12-16(13,14)10-4-8-15-9-7-11-5-2-1-3-6-11/h1-3,5-6H,4,7-10H2,(H,12,13,14). The molecule has 0 aliphatic heterocycles. The van der Waals surface area contributed by atoms with E-state index in [2.05, 4.69) is 0 Å². The largest absolute Gasteiger partial charge is 0.381 e. The maximum absolute atomic E-state index is 10.4. The van der Waals surface area contributed by atoms with E-state index in [1.54, 1.807) is 0 Å². The molecule has 0 spiro atoms. The average Bonchev–Trinajstić information content (AvgIpc) is 2.23. The van der Waals surface area contributed by atoms with Crippen molar-refractivity contribution in [3.8, 4) is 0 Å². The quantitative estimate of drug-likeness (QED) is 0.583. The van der Waals surface area contributed by atoms with Crippen molar-refractivity contribution >= 4 is 10.1 Å². The molecule has 0 unspecified atom stereocenters. The van der Waals surface area contributed by atoms with Gasteiger partial charge in [0, 0.05) is 6.61 Å². The summed E-state index contributed by atoms with van der Waals surface area (Å²) in [6.45, 7) is 0.919. The summed E-state index contributed by atoms with van der Waals surface area (Å²) in [6, 6.07) is 9.92. The number of hydrogen-bond acceptors (Lipinski definition) is 3. The molecule has 0 bridgehead atoms. The molecule has 4 nitrogen and oxygen atoms in total. The maximum atomic E-state index is 10.4. The summed E-state index contributed by atoms with van der Waals surface area (Å²) in [7, 11) is -3.84. The normalized spacial score (nSPS) is 11.6. The minimum absolute atomic E-state index is 0.238. The first-order valence-corrected chi connectivity index (χ1v) is 6.76. The Hall–Kier alpha value is -0.910. The molecule has 0 heterocycles. The van der Waals surface area contributed by atoms with Gasteiger partial charge in [-0.25, -0.2) is 0 Å². The lowest BCUT2D eigenvalue weighted by atomic mass is 10.2. The summed E-state index contributed by atoms with van der Waals surface area (Å²) in [5.41, 5.74) is 1.19. The summed E-state index contributed by atoms with van der Waals surface area (Å²) >= 11 is 0. The van der Waals surface area contributed by atoms with Gasteiger partial charge in [-0.05, 0) is 18.4 Å². The third kappa shape index (κ3) is 6.55. The van der Waals surface area contributed by atoms with Crippen LogP contribution in [0.3, 0.4) is 0 Å². The van der Waals surface area contributed by atoms with Crippen LogP contribution in [-0.4, -0.2) is 31.9 Å². The predicted octanol–water partition coefficient (Wildman–Crippen LogP) is 1.52. The Morgan fingerprint density at radius 2 is 1.81 bits per heavy atom. The number of ether oxygens (including phenoxy) is 1. The van der Waals surface area contributed by atoms with Gasteiger partial charge in [-0.1, -0.05) is 30.3 Å². The monoisotopic (exact) mass is 244 g/mol. The van der Waals surface area contributed by atoms with E-state index in [0.717, 1.165) is 6.42 Å². The van der Waals surface area contributed by atoms with E-state index in [9.17, 15) is 8.42 Å². The fraction of sp³-hybridized carbons (Fsp3) is 0.455. The molecule has 0 saturated carbocycles. The van der Waals surface area contributed by atoms with Gasteiger partial charge in [0.2, 0.25) is 0 Å². The smallest absolute Gasteiger partial charge is 0.264 e. The Balaban J connectivity index is 2.05. The minimum Gasteiger partial charge on any atom is -0.381 e. The summed E-state index contributed by atoms with van der Waals surface area (Å²) in [6.07, 6.45) is 1.14. The SMILES string of the molecule is O=S(=O)(O)CCCOCCc1ccccc1. The van der Waals surface area contributed by atoms with Gasteiger partial charge in [0.15, 0.2) is 0 Å². The lowest BCUT2D eigenvalue weighted by molar-refractivity contribution is 0.138. The molecule has 1 rings (SSSR count). The van der Waals surface area contributed by atoms with Crippen LogP contribution in [0.4, 0.5) is 0 Å². The highest BCUT2D eigenvalue weighted by Crippen LogP contribution is 1.99. The number of hydrogen-bond donors (Lipinski definition) is 1. The van der Waals surface area contributed by atoms with Crippen LogP contribution in [0.15, 0.2) is 30.3 Å². The van der Waals surface area contributed by atoms with E-state index >= 15 is 0 Å². The Morgan fingerprint density at radius 3 is 2.44 bits per heavy atom. The third-order valence-corrected chi connectivity index (χ3v) is 2.87. The van der Waals surface area contributed by atoms with Crippen molar-refractivity contribution in [3.63, 3.8) is 0 Å². The van der Waals surface area contributed by atoms with Gasteiger partial charge in [0.25, 0.3) is 10.1 Å². The molecule has 1 aromatic carbocycles. The van der Waals surface area contributed by atoms with Crippen LogP contribution in [0.2, 0.25) is 0 Å². The molecule has 1 aromatic rings. The Kier molecular flexibility index (Phi) is 5.45. The van der Waals surface area contributed by atoms with Crippen LogP contribution in [-0.2, 0) is 21.3 Å². The second kappa shape index (κ2) is 6.62. The van der Waals surface area contributed by atoms with Crippen molar-refractivity contribution in [3.05, 3.63) is 35.9 Å².